The van der Waals surface area contributed by atoms with E-state index < -0.39 is 18.1 Å². The molecule has 1 heterocycles. The quantitative estimate of drug-likeness (QED) is 0.345. The van der Waals surface area contributed by atoms with Crippen molar-refractivity contribution in [2.24, 2.45) is 0 Å². The van der Waals surface area contributed by atoms with Crippen molar-refractivity contribution in [1.29, 1.82) is 0 Å². The van der Waals surface area contributed by atoms with Crippen molar-refractivity contribution >= 4 is 12.1 Å². The van der Waals surface area contributed by atoms with Gasteiger partial charge in [-0.2, -0.15) is 0 Å². The zero-order valence-electron chi connectivity index (χ0n) is 20.3. The average Bonchev–Trinajstić information content (AvgIpc) is 3.25. The van der Waals surface area contributed by atoms with Crippen LogP contribution in [0.15, 0.2) is 91.1 Å². The van der Waals surface area contributed by atoms with E-state index in [0.717, 1.165) is 38.9 Å². The number of carboxylic acid groups (broad SMARTS) is 1. The van der Waals surface area contributed by atoms with Crippen LogP contribution in [0.25, 0.3) is 22.3 Å². The van der Waals surface area contributed by atoms with Gasteiger partial charge in [0.1, 0.15) is 12.6 Å². The SMILES string of the molecule is COc1ncccc1-c1ccc(C[C@H](NC(=O)OCC2c3ccccc3-c3ccccc32)C(=O)O)cc1. The molecule has 3 aromatic carbocycles. The number of rotatable bonds is 8. The number of benzene rings is 3. The number of nitrogens with one attached hydrogen (secondary N) is 1. The van der Waals surface area contributed by atoms with Gasteiger partial charge in [-0.15, -0.1) is 0 Å². The van der Waals surface area contributed by atoms with Crippen LogP contribution < -0.4 is 10.1 Å². The minimum Gasteiger partial charge on any atom is -0.481 e. The number of hydrogen-bond donors (Lipinski definition) is 2. The maximum absolute atomic E-state index is 12.6. The van der Waals surface area contributed by atoms with E-state index in [1.807, 2.05) is 72.8 Å². The predicted molar refractivity (Wildman–Crippen MR) is 140 cm³/mol. The zero-order valence-corrected chi connectivity index (χ0v) is 20.3. The molecule has 2 N–H and O–H groups in total. The molecule has 0 bridgehead atoms. The molecule has 186 valence electrons. The van der Waals surface area contributed by atoms with Crippen molar-refractivity contribution in [3.8, 4) is 28.1 Å². The highest BCUT2D eigenvalue weighted by Gasteiger charge is 2.29. The number of methoxy groups -OCH3 is 1. The molecule has 1 aliphatic carbocycles. The van der Waals surface area contributed by atoms with Gasteiger partial charge in [0.05, 0.1) is 7.11 Å². The smallest absolute Gasteiger partial charge is 0.407 e. The van der Waals surface area contributed by atoms with Gasteiger partial charge in [-0.3, -0.25) is 0 Å². The molecule has 1 atom stereocenters. The number of ether oxygens (including phenoxy) is 2. The van der Waals surface area contributed by atoms with Gasteiger partial charge in [0.2, 0.25) is 5.88 Å². The maximum atomic E-state index is 12.6. The largest absolute Gasteiger partial charge is 0.481 e. The predicted octanol–water partition coefficient (Wildman–Crippen LogP) is 5.29. The summed E-state index contributed by atoms with van der Waals surface area (Å²) in [6.45, 7) is 0.119. The highest BCUT2D eigenvalue weighted by Crippen LogP contribution is 2.44. The Morgan fingerprint density at radius 3 is 2.14 bits per heavy atom. The van der Waals surface area contributed by atoms with Crippen LogP contribution in [-0.4, -0.2) is 41.9 Å². The molecule has 0 saturated carbocycles. The van der Waals surface area contributed by atoms with Crippen molar-refractivity contribution in [3.63, 3.8) is 0 Å². The highest BCUT2D eigenvalue weighted by atomic mass is 16.5. The second-order valence-corrected chi connectivity index (χ2v) is 8.82. The third-order valence-electron chi connectivity index (χ3n) is 6.60. The minimum absolute atomic E-state index is 0.0987. The van der Waals surface area contributed by atoms with Crippen molar-refractivity contribution in [2.75, 3.05) is 13.7 Å². The van der Waals surface area contributed by atoms with E-state index in [1.165, 1.54) is 0 Å². The van der Waals surface area contributed by atoms with Crippen molar-refractivity contribution in [3.05, 3.63) is 108 Å². The lowest BCUT2D eigenvalue weighted by molar-refractivity contribution is -0.139. The van der Waals surface area contributed by atoms with Crippen molar-refractivity contribution in [1.82, 2.24) is 10.3 Å². The standard InChI is InChI=1S/C30H26N2O5/c1-36-28-21(11-6-16-31-28)20-14-12-19(13-15-20)17-27(29(33)34)32-30(35)37-18-26-24-9-4-2-7-22(24)23-8-3-5-10-25(23)26/h2-16,26-27H,17-18H2,1H3,(H,32,35)(H,33,34)/t27-/m0/s1. The third kappa shape index (κ3) is 5.02. The topological polar surface area (TPSA) is 97.8 Å². The van der Waals surface area contributed by atoms with Gasteiger partial charge in [-0.1, -0.05) is 72.8 Å². The second kappa shape index (κ2) is 10.5. The Kier molecular flexibility index (Phi) is 6.85. The number of hydrogen-bond acceptors (Lipinski definition) is 5. The number of aromatic nitrogens is 1. The first-order valence-corrected chi connectivity index (χ1v) is 12.0. The Bertz CT molecular complexity index is 1390. The van der Waals surface area contributed by atoms with Crippen LogP contribution in [0.4, 0.5) is 4.79 Å². The molecule has 0 radical (unpaired) electrons. The van der Waals surface area contributed by atoms with Crippen LogP contribution >= 0.6 is 0 Å². The summed E-state index contributed by atoms with van der Waals surface area (Å²) in [5.74, 6) is -0.722. The summed E-state index contributed by atoms with van der Waals surface area (Å²) >= 11 is 0. The van der Waals surface area contributed by atoms with Crippen LogP contribution in [-0.2, 0) is 16.0 Å². The average molecular weight is 495 g/mol. The van der Waals surface area contributed by atoms with Crippen molar-refractivity contribution in [2.45, 2.75) is 18.4 Å². The molecule has 0 unspecified atom stereocenters. The first-order chi connectivity index (χ1) is 18.0. The Balaban J connectivity index is 1.23. The molecule has 4 aromatic rings. The molecule has 0 aliphatic heterocycles. The van der Waals surface area contributed by atoms with E-state index in [-0.39, 0.29) is 18.9 Å². The molecule has 1 aromatic heterocycles. The minimum atomic E-state index is -1.13. The van der Waals surface area contributed by atoms with E-state index in [2.05, 4.69) is 22.4 Å². The van der Waals surface area contributed by atoms with Crippen LogP contribution in [0.1, 0.15) is 22.6 Å². The molecule has 7 nitrogen and oxygen atoms in total. The molecular weight excluding hydrogens is 468 g/mol. The number of amides is 1. The molecule has 0 fully saturated rings. The Morgan fingerprint density at radius 1 is 0.892 bits per heavy atom. The van der Waals surface area contributed by atoms with E-state index in [0.29, 0.717) is 5.88 Å². The number of aliphatic carboxylic acids is 1. The normalized spacial score (nSPS) is 12.8. The van der Waals surface area contributed by atoms with Gasteiger partial charge in [0.15, 0.2) is 0 Å². The Hall–Kier alpha value is -4.65. The van der Waals surface area contributed by atoms with Crippen LogP contribution in [0, 0.1) is 0 Å². The monoisotopic (exact) mass is 494 g/mol. The number of pyridine rings is 1. The van der Waals surface area contributed by atoms with E-state index in [9.17, 15) is 14.7 Å². The zero-order chi connectivity index (χ0) is 25.8. The van der Waals surface area contributed by atoms with E-state index >= 15 is 0 Å². The molecular formula is C30H26N2O5. The van der Waals surface area contributed by atoms with Gasteiger partial charge >= 0.3 is 12.1 Å². The summed E-state index contributed by atoms with van der Waals surface area (Å²) in [5.41, 5.74) is 6.94. The molecule has 0 spiro atoms. The summed E-state index contributed by atoms with van der Waals surface area (Å²) < 4.78 is 10.8. The Morgan fingerprint density at radius 2 is 1.51 bits per heavy atom. The molecule has 1 amide bonds. The number of carboxylic acids is 1. The third-order valence-corrected chi connectivity index (χ3v) is 6.60. The first-order valence-electron chi connectivity index (χ1n) is 12.0. The Labute approximate surface area is 214 Å². The molecule has 1 aliphatic rings. The summed E-state index contributed by atoms with van der Waals surface area (Å²) in [7, 11) is 1.56. The highest BCUT2D eigenvalue weighted by molar-refractivity contribution is 5.81. The summed E-state index contributed by atoms with van der Waals surface area (Å²) in [4.78, 5) is 28.7. The number of carbonyl (C=O) groups is 2. The second-order valence-electron chi connectivity index (χ2n) is 8.82. The van der Waals surface area contributed by atoms with Gasteiger partial charge in [-0.25, -0.2) is 14.6 Å². The van der Waals surface area contributed by atoms with Crippen LogP contribution in [0.2, 0.25) is 0 Å². The summed E-state index contributed by atoms with van der Waals surface area (Å²) in [6.07, 6.45) is 1.01. The fraction of sp³-hybridized carbons (Fsp3) is 0.167. The molecule has 5 rings (SSSR count). The van der Waals surface area contributed by atoms with Crippen LogP contribution in [0.5, 0.6) is 5.88 Å². The van der Waals surface area contributed by atoms with Gasteiger partial charge in [0.25, 0.3) is 0 Å². The van der Waals surface area contributed by atoms with Crippen molar-refractivity contribution < 1.29 is 24.2 Å². The van der Waals surface area contributed by atoms with Crippen LogP contribution in [0.3, 0.4) is 0 Å². The lowest BCUT2D eigenvalue weighted by Gasteiger charge is -2.18. The number of fused-ring (bicyclic) bond motifs is 3. The summed E-state index contributed by atoms with van der Waals surface area (Å²) in [5, 5.41) is 12.2. The molecule has 7 heteroatoms. The lowest BCUT2D eigenvalue weighted by Crippen LogP contribution is -2.42. The number of carbonyl (C=O) groups excluding carboxylic acids is 1. The first kappa shape index (κ1) is 24.1. The molecule has 0 saturated heterocycles. The fourth-order valence-electron chi connectivity index (χ4n) is 4.81. The van der Waals surface area contributed by atoms with Gasteiger partial charge in [-0.05, 0) is 45.5 Å². The fourth-order valence-corrected chi connectivity index (χ4v) is 4.81. The molecule has 37 heavy (non-hydrogen) atoms. The number of alkyl carbamates (subject to hydrolysis) is 1. The van der Waals surface area contributed by atoms with Gasteiger partial charge < -0.3 is 19.9 Å². The van der Waals surface area contributed by atoms with E-state index in [1.54, 1.807) is 13.3 Å². The van der Waals surface area contributed by atoms with Gasteiger partial charge in [0, 0.05) is 24.1 Å². The lowest BCUT2D eigenvalue weighted by atomic mass is 9.98. The number of nitrogens with zero attached hydrogens (tertiary/aromatic N) is 1. The summed E-state index contributed by atoms with van der Waals surface area (Å²) in [6, 6.07) is 26.1. The van der Waals surface area contributed by atoms with E-state index in [4.69, 9.17) is 9.47 Å². The maximum Gasteiger partial charge on any atom is 0.407 e.